The highest BCUT2D eigenvalue weighted by molar-refractivity contribution is 7.89. The van der Waals surface area contributed by atoms with Crippen LogP contribution < -0.4 is 10.2 Å². The van der Waals surface area contributed by atoms with Crippen LogP contribution in [0.25, 0.3) is 0 Å². The summed E-state index contributed by atoms with van der Waals surface area (Å²) in [6.07, 6.45) is 0.977. The van der Waals surface area contributed by atoms with Gasteiger partial charge in [0.1, 0.15) is 0 Å². The van der Waals surface area contributed by atoms with Crippen molar-refractivity contribution >= 4 is 21.7 Å². The lowest BCUT2D eigenvalue weighted by molar-refractivity contribution is 0.222. The number of nitrogens with one attached hydrogen (secondary N) is 1. The Kier molecular flexibility index (Phi) is 6.08. The third-order valence-corrected chi connectivity index (χ3v) is 7.84. The van der Waals surface area contributed by atoms with Crippen LogP contribution in [0, 0.1) is 0 Å². The summed E-state index contributed by atoms with van der Waals surface area (Å²) < 4.78 is 28.2. The molecule has 2 aliphatic rings. The standard InChI is InChI=1S/C22H29N5O2S/c1-23-22(27-12-11-18-7-3-5-9-20(18)27)24-17-19-8-4-6-10-21(19)30(28,29)26-15-13-25(2)14-16-26/h3-10H,11-17H2,1-2H3,(H,23,24). The molecular weight excluding hydrogens is 398 g/mol. The Hall–Kier alpha value is -2.42. The van der Waals surface area contributed by atoms with Crippen molar-refractivity contribution in [1.82, 2.24) is 14.5 Å². The third-order valence-electron chi connectivity index (χ3n) is 5.84. The molecule has 160 valence electrons. The molecule has 1 N–H and O–H groups in total. The molecule has 0 aliphatic carbocycles. The van der Waals surface area contributed by atoms with Gasteiger partial charge in [0.05, 0.1) is 4.90 Å². The second-order valence-corrected chi connectivity index (χ2v) is 9.65. The second kappa shape index (κ2) is 8.75. The molecule has 2 aliphatic heterocycles. The zero-order valence-corrected chi connectivity index (χ0v) is 18.4. The number of hydrogen-bond acceptors (Lipinski definition) is 4. The maximum Gasteiger partial charge on any atom is 0.243 e. The normalized spacial score (nSPS) is 18.5. The Labute approximate surface area is 179 Å². The van der Waals surface area contributed by atoms with Gasteiger partial charge in [-0.2, -0.15) is 4.31 Å². The van der Waals surface area contributed by atoms with Gasteiger partial charge in [-0.05, 0) is 36.7 Å². The number of piperazine rings is 1. The highest BCUT2D eigenvalue weighted by Gasteiger charge is 2.29. The van der Waals surface area contributed by atoms with E-state index in [1.807, 2.05) is 25.2 Å². The molecule has 7 nitrogen and oxygen atoms in total. The van der Waals surface area contributed by atoms with Crippen LogP contribution >= 0.6 is 0 Å². The summed E-state index contributed by atoms with van der Waals surface area (Å²) in [5, 5.41) is 3.38. The summed E-state index contributed by atoms with van der Waals surface area (Å²) in [5.74, 6) is 0.756. The smallest absolute Gasteiger partial charge is 0.243 e. The lowest BCUT2D eigenvalue weighted by Crippen LogP contribution is -2.47. The molecule has 0 radical (unpaired) electrons. The van der Waals surface area contributed by atoms with Crippen molar-refractivity contribution in [1.29, 1.82) is 0 Å². The van der Waals surface area contributed by atoms with Crippen molar-refractivity contribution < 1.29 is 8.42 Å². The summed E-state index contributed by atoms with van der Waals surface area (Å²) in [4.78, 5) is 9.12. The number of likely N-dealkylation sites (N-methyl/N-ethyl adjacent to an activating group) is 1. The predicted molar refractivity (Wildman–Crippen MR) is 120 cm³/mol. The van der Waals surface area contributed by atoms with Gasteiger partial charge in [-0.3, -0.25) is 4.99 Å². The Morgan fingerprint density at radius 2 is 1.70 bits per heavy atom. The molecule has 1 saturated heterocycles. The lowest BCUT2D eigenvalue weighted by Gasteiger charge is -2.32. The van der Waals surface area contributed by atoms with Crippen LogP contribution in [0.15, 0.2) is 58.4 Å². The summed E-state index contributed by atoms with van der Waals surface area (Å²) >= 11 is 0. The number of guanidine groups is 1. The van der Waals surface area contributed by atoms with Gasteiger partial charge in [-0.1, -0.05) is 36.4 Å². The van der Waals surface area contributed by atoms with E-state index in [0.29, 0.717) is 24.5 Å². The molecule has 30 heavy (non-hydrogen) atoms. The highest BCUT2D eigenvalue weighted by Crippen LogP contribution is 2.27. The number of rotatable bonds is 4. The summed E-state index contributed by atoms with van der Waals surface area (Å²) in [7, 11) is 0.253. The highest BCUT2D eigenvalue weighted by atomic mass is 32.2. The summed E-state index contributed by atoms with van der Waals surface area (Å²) in [6, 6.07) is 15.6. The van der Waals surface area contributed by atoms with Crippen LogP contribution in [0.3, 0.4) is 0 Å². The first-order valence-electron chi connectivity index (χ1n) is 10.3. The zero-order chi connectivity index (χ0) is 21.1. The molecule has 0 spiro atoms. The molecule has 4 rings (SSSR count). The largest absolute Gasteiger partial charge is 0.352 e. The molecule has 0 bridgehead atoms. The topological polar surface area (TPSA) is 68.2 Å². The zero-order valence-electron chi connectivity index (χ0n) is 17.6. The van der Waals surface area contributed by atoms with Gasteiger partial charge >= 0.3 is 0 Å². The molecule has 1 fully saturated rings. The molecular formula is C22H29N5O2S. The number of aliphatic imine (C=N–C) groups is 1. The maximum atomic E-state index is 13.3. The van der Waals surface area contributed by atoms with E-state index in [1.54, 1.807) is 23.5 Å². The van der Waals surface area contributed by atoms with Crippen molar-refractivity contribution in [3.8, 4) is 0 Å². The van der Waals surface area contributed by atoms with Gasteiger partial charge in [-0.25, -0.2) is 8.42 Å². The van der Waals surface area contributed by atoms with Crippen molar-refractivity contribution in [2.45, 2.75) is 17.9 Å². The quantitative estimate of drug-likeness (QED) is 0.595. The maximum absolute atomic E-state index is 13.3. The van der Waals surface area contributed by atoms with Crippen molar-refractivity contribution in [2.24, 2.45) is 4.99 Å². The molecule has 2 heterocycles. The Bertz CT molecular complexity index is 1030. The van der Waals surface area contributed by atoms with E-state index in [0.717, 1.165) is 43.3 Å². The van der Waals surface area contributed by atoms with E-state index in [2.05, 4.69) is 38.3 Å². The minimum absolute atomic E-state index is 0.374. The number of benzene rings is 2. The minimum Gasteiger partial charge on any atom is -0.352 e. The van der Waals surface area contributed by atoms with Crippen molar-refractivity contribution in [3.63, 3.8) is 0 Å². The molecule has 0 atom stereocenters. The fourth-order valence-corrected chi connectivity index (χ4v) is 5.74. The third kappa shape index (κ3) is 4.08. The van der Waals surface area contributed by atoms with Crippen LogP contribution in [0.4, 0.5) is 5.69 Å². The van der Waals surface area contributed by atoms with Gasteiger partial charge in [-0.15, -0.1) is 0 Å². The number of sulfonamides is 1. The van der Waals surface area contributed by atoms with E-state index in [4.69, 9.17) is 0 Å². The van der Waals surface area contributed by atoms with Crippen LogP contribution in [0.5, 0.6) is 0 Å². The van der Waals surface area contributed by atoms with Gasteiger partial charge in [0, 0.05) is 52.0 Å². The number of nitrogens with zero attached hydrogens (tertiary/aromatic N) is 4. The van der Waals surface area contributed by atoms with Gasteiger partial charge in [0.15, 0.2) is 5.96 Å². The molecule has 2 aromatic carbocycles. The average molecular weight is 428 g/mol. The number of anilines is 1. The van der Waals surface area contributed by atoms with Crippen LogP contribution in [0.1, 0.15) is 11.1 Å². The second-order valence-electron chi connectivity index (χ2n) is 7.75. The van der Waals surface area contributed by atoms with Crippen molar-refractivity contribution in [3.05, 3.63) is 59.7 Å². The molecule has 8 heteroatoms. The first kappa shape index (κ1) is 20.8. The first-order valence-corrected chi connectivity index (χ1v) is 11.8. The van der Waals surface area contributed by atoms with Crippen LogP contribution in [-0.2, 0) is 23.0 Å². The van der Waals surface area contributed by atoms with E-state index >= 15 is 0 Å². The van der Waals surface area contributed by atoms with Gasteiger partial charge in [0.2, 0.25) is 10.0 Å². The first-order chi connectivity index (χ1) is 14.5. The van der Waals surface area contributed by atoms with E-state index in [9.17, 15) is 8.42 Å². The summed E-state index contributed by atoms with van der Waals surface area (Å²) in [5.41, 5.74) is 3.22. The van der Waals surface area contributed by atoms with Crippen LogP contribution in [-0.4, -0.2) is 70.4 Å². The predicted octanol–water partition coefficient (Wildman–Crippen LogP) is 1.76. The fourth-order valence-electron chi connectivity index (χ4n) is 4.10. The van der Waals surface area contributed by atoms with Crippen LogP contribution in [0.2, 0.25) is 0 Å². The number of para-hydroxylation sites is 1. The molecule has 2 aromatic rings. The monoisotopic (exact) mass is 427 g/mol. The number of fused-ring (bicyclic) bond motifs is 1. The Morgan fingerprint density at radius 1 is 1.00 bits per heavy atom. The fraction of sp³-hybridized carbons (Fsp3) is 0.409. The van der Waals surface area contributed by atoms with E-state index in [1.165, 1.54) is 5.56 Å². The Balaban J connectivity index is 1.52. The minimum atomic E-state index is -3.53. The molecule has 0 amide bonds. The SMILES string of the molecule is CN=C(NCc1ccccc1S(=O)(=O)N1CCN(C)CC1)N1CCc2ccccc21. The van der Waals surface area contributed by atoms with Crippen molar-refractivity contribution in [2.75, 3.05) is 51.7 Å². The van der Waals surface area contributed by atoms with Gasteiger partial charge in [0.25, 0.3) is 0 Å². The average Bonchev–Trinajstić information content (AvgIpc) is 3.19. The molecule has 0 unspecified atom stereocenters. The lowest BCUT2D eigenvalue weighted by atomic mass is 10.2. The molecule has 0 saturated carbocycles. The Morgan fingerprint density at radius 3 is 2.47 bits per heavy atom. The van der Waals surface area contributed by atoms with E-state index < -0.39 is 10.0 Å². The van der Waals surface area contributed by atoms with Gasteiger partial charge < -0.3 is 15.1 Å². The number of hydrogen-bond donors (Lipinski definition) is 1. The molecule has 0 aromatic heterocycles. The van der Waals surface area contributed by atoms with E-state index in [-0.39, 0.29) is 0 Å². The summed E-state index contributed by atoms with van der Waals surface area (Å²) in [6.45, 7) is 3.80.